The van der Waals surface area contributed by atoms with E-state index >= 15 is 0 Å². The fourth-order valence-electron chi connectivity index (χ4n) is 2.82. The van der Waals surface area contributed by atoms with Crippen LogP contribution >= 0.6 is 0 Å². The Hall–Kier alpha value is -2.08. The van der Waals surface area contributed by atoms with Gasteiger partial charge in [0.1, 0.15) is 12.7 Å². The van der Waals surface area contributed by atoms with E-state index in [1.807, 2.05) is 43.4 Å². The van der Waals surface area contributed by atoms with E-state index in [9.17, 15) is 5.11 Å². The highest BCUT2D eigenvalue weighted by Crippen LogP contribution is 2.28. The highest BCUT2D eigenvalue weighted by atomic mass is 16.5. The largest absolute Gasteiger partial charge is 0.493 e. The molecule has 0 bridgehead atoms. The van der Waals surface area contributed by atoms with Crippen molar-refractivity contribution in [3.63, 3.8) is 0 Å². The summed E-state index contributed by atoms with van der Waals surface area (Å²) in [5.41, 5.74) is 2.34. The van der Waals surface area contributed by atoms with Gasteiger partial charge in [0.05, 0.1) is 7.11 Å². The first kappa shape index (κ1) is 21.2. The van der Waals surface area contributed by atoms with E-state index in [1.165, 1.54) is 5.56 Å². The number of nitrogens with one attached hydrogen (secondary N) is 1. The van der Waals surface area contributed by atoms with Crippen molar-refractivity contribution in [1.82, 2.24) is 10.2 Å². The summed E-state index contributed by atoms with van der Waals surface area (Å²) < 4.78 is 11.2. The summed E-state index contributed by atoms with van der Waals surface area (Å²) in [6.45, 7) is 6.53. The number of methoxy groups -OCH3 is 1. The molecule has 0 saturated heterocycles. The first-order valence-corrected chi connectivity index (χ1v) is 9.41. The van der Waals surface area contributed by atoms with Crippen LogP contribution in [0.1, 0.15) is 25.0 Å². The van der Waals surface area contributed by atoms with Crippen molar-refractivity contribution in [2.45, 2.75) is 39.1 Å². The van der Waals surface area contributed by atoms with E-state index in [2.05, 4.69) is 36.2 Å². The molecule has 0 amide bonds. The van der Waals surface area contributed by atoms with Gasteiger partial charge in [-0.15, -0.1) is 0 Å². The third-order valence-corrected chi connectivity index (χ3v) is 4.19. The SMILES string of the molecule is COc1ccc(CNC(C)C)cc1OC[C@@H](O)CN(C)Cc1ccccc1. The zero-order valence-corrected chi connectivity index (χ0v) is 16.8. The zero-order chi connectivity index (χ0) is 19.6. The summed E-state index contributed by atoms with van der Waals surface area (Å²) in [4.78, 5) is 2.09. The quantitative estimate of drug-likeness (QED) is 0.635. The number of hydrogen-bond donors (Lipinski definition) is 2. The van der Waals surface area contributed by atoms with Crippen LogP contribution in [0.25, 0.3) is 0 Å². The summed E-state index contributed by atoms with van der Waals surface area (Å²) >= 11 is 0. The van der Waals surface area contributed by atoms with Crippen LogP contribution in [-0.2, 0) is 13.1 Å². The molecule has 2 aromatic rings. The van der Waals surface area contributed by atoms with Crippen molar-refractivity contribution in [2.24, 2.45) is 0 Å². The number of nitrogens with zero attached hydrogens (tertiary/aromatic N) is 1. The number of rotatable bonds is 11. The molecular formula is C22H32N2O3. The van der Waals surface area contributed by atoms with Crippen molar-refractivity contribution in [3.05, 3.63) is 59.7 Å². The van der Waals surface area contributed by atoms with E-state index in [1.54, 1.807) is 7.11 Å². The minimum absolute atomic E-state index is 0.219. The average Bonchev–Trinajstić information content (AvgIpc) is 2.65. The van der Waals surface area contributed by atoms with E-state index in [4.69, 9.17) is 9.47 Å². The molecule has 5 nitrogen and oxygen atoms in total. The van der Waals surface area contributed by atoms with Crippen molar-refractivity contribution in [1.29, 1.82) is 0 Å². The Morgan fingerprint density at radius 1 is 1.04 bits per heavy atom. The van der Waals surface area contributed by atoms with Crippen LogP contribution in [-0.4, -0.2) is 49.5 Å². The summed E-state index contributed by atoms with van der Waals surface area (Å²) in [7, 11) is 3.62. The standard InChI is InChI=1S/C22H32N2O3/c1-17(2)23-13-19-10-11-21(26-4)22(12-19)27-16-20(25)15-24(3)14-18-8-6-5-7-9-18/h5-12,17,20,23,25H,13-16H2,1-4H3/t20-/m0/s1. The third-order valence-electron chi connectivity index (χ3n) is 4.19. The maximum Gasteiger partial charge on any atom is 0.161 e. The molecule has 0 heterocycles. The van der Waals surface area contributed by atoms with Crippen molar-refractivity contribution >= 4 is 0 Å². The first-order chi connectivity index (χ1) is 13.0. The van der Waals surface area contributed by atoms with Crippen LogP contribution in [0.3, 0.4) is 0 Å². The lowest BCUT2D eigenvalue weighted by atomic mass is 10.2. The molecule has 2 aromatic carbocycles. The molecule has 0 aliphatic rings. The molecule has 0 radical (unpaired) electrons. The Labute approximate surface area is 162 Å². The average molecular weight is 373 g/mol. The summed E-state index contributed by atoms with van der Waals surface area (Å²) in [5, 5.41) is 13.7. The third kappa shape index (κ3) is 7.59. The maximum atomic E-state index is 10.3. The molecule has 2 N–H and O–H groups in total. The van der Waals surface area contributed by atoms with Crippen LogP contribution in [0.4, 0.5) is 0 Å². The molecular weight excluding hydrogens is 340 g/mol. The number of hydrogen-bond acceptors (Lipinski definition) is 5. The lowest BCUT2D eigenvalue weighted by molar-refractivity contribution is 0.0732. The molecule has 0 saturated carbocycles. The van der Waals surface area contributed by atoms with E-state index < -0.39 is 6.10 Å². The summed E-state index contributed by atoms with van der Waals surface area (Å²) in [6.07, 6.45) is -0.583. The fourth-order valence-corrected chi connectivity index (χ4v) is 2.82. The predicted molar refractivity (Wildman–Crippen MR) is 109 cm³/mol. The van der Waals surface area contributed by atoms with E-state index in [0.717, 1.165) is 18.7 Å². The fraction of sp³-hybridized carbons (Fsp3) is 0.455. The second-order valence-corrected chi connectivity index (χ2v) is 7.17. The Balaban J connectivity index is 1.87. The van der Waals surface area contributed by atoms with Crippen LogP contribution in [0, 0.1) is 0 Å². The van der Waals surface area contributed by atoms with Crippen LogP contribution in [0.2, 0.25) is 0 Å². The minimum Gasteiger partial charge on any atom is -0.493 e. The second-order valence-electron chi connectivity index (χ2n) is 7.17. The van der Waals surface area contributed by atoms with Gasteiger partial charge in [0, 0.05) is 25.7 Å². The van der Waals surface area contributed by atoms with Crippen molar-refractivity contribution in [2.75, 3.05) is 27.3 Å². The molecule has 0 aromatic heterocycles. The molecule has 0 aliphatic carbocycles. The van der Waals surface area contributed by atoms with Gasteiger partial charge in [-0.05, 0) is 30.3 Å². The molecule has 0 aliphatic heterocycles. The summed E-state index contributed by atoms with van der Waals surface area (Å²) in [5.74, 6) is 1.33. The van der Waals surface area contributed by atoms with Crippen LogP contribution < -0.4 is 14.8 Å². The Bertz CT molecular complexity index is 677. The van der Waals surface area contributed by atoms with Gasteiger partial charge in [-0.2, -0.15) is 0 Å². The zero-order valence-electron chi connectivity index (χ0n) is 16.8. The number of aliphatic hydroxyl groups is 1. The van der Waals surface area contributed by atoms with Gasteiger partial charge in [-0.25, -0.2) is 0 Å². The van der Waals surface area contributed by atoms with Crippen LogP contribution in [0.5, 0.6) is 11.5 Å². The molecule has 2 rings (SSSR count). The predicted octanol–water partition coefficient (Wildman–Crippen LogP) is 3.06. The Morgan fingerprint density at radius 2 is 1.78 bits per heavy atom. The van der Waals surface area contributed by atoms with Gasteiger partial charge in [0.25, 0.3) is 0 Å². The maximum absolute atomic E-state index is 10.3. The topological polar surface area (TPSA) is 54.0 Å². The number of benzene rings is 2. The Kier molecular flexibility index (Phi) is 8.58. The van der Waals surface area contributed by atoms with Crippen molar-refractivity contribution in [3.8, 4) is 11.5 Å². The normalized spacial score (nSPS) is 12.4. The lowest BCUT2D eigenvalue weighted by Crippen LogP contribution is -2.32. The smallest absolute Gasteiger partial charge is 0.161 e. The van der Waals surface area contributed by atoms with E-state index in [0.29, 0.717) is 24.1 Å². The van der Waals surface area contributed by atoms with Gasteiger partial charge in [-0.3, -0.25) is 4.90 Å². The number of aliphatic hydroxyl groups excluding tert-OH is 1. The molecule has 1 atom stereocenters. The monoisotopic (exact) mass is 372 g/mol. The van der Waals surface area contributed by atoms with Gasteiger partial charge in [0.2, 0.25) is 0 Å². The molecule has 27 heavy (non-hydrogen) atoms. The van der Waals surface area contributed by atoms with Crippen LogP contribution in [0.15, 0.2) is 48.5 Å². The molecule has 0 fully saturated rings. The highest BCUT2D eigenvalue weighted by molar-refractivity contribution is 5.43. The highest BCUT2D eigenvalue weighted by Gasteiger charge is 2.12. The van der Waals surface area contributed by atoms with Gasteiger partial charge in [0.15, 0.2) is 11.5 Å². The number of ether oxygens (including phenoxy) is 2. The molecule has 0 spiro atoms. The lowest BCUT2D eigenvalue weighted by Gasteiger charge is -2.21. The first-order valence-electron chi connectivity index (χ1n) is 9.41. The van der Waals surface area contributed by atoms with Gasteiger partial charge < -0.3 is 19.9 Å². The van der Waals surface area contributed by atoms with Gasteiger partial charge >= 0.3 is 0 Å². The molecule has 5 heteroatoms. The summed E-state index contributed by atoms with van der Waals surface area (Å²) in [6, 6.07) is 16.5. The minimum atomic E-state index is -0.583. The second kappa shape index (κ2) is 10.9. The molecule has 0 unspecified atom stereocenters. The van der Waals surface area contributed by atoms with Gasteiger partial charge in [-0.1, -0.05) is 50.2 Å². The number of likely N-dealkylation sites (N-methyl/N-ethyl adjacent to an activating group) is 1. The molecule has 148 valence electrons. The van der Waals surface area contributed by atoms with Crippen molar-refractivity contribution < 1.29 is 14.6 Å². The van der Waals surface area contributed by atoms with E-state index in [-0.39, 0.29) is 6.61 Å². The Morgan fingerprint density at radius 3 is 2.44 bits per heavy atom.